The van der Waals surface area contributed by atoms with E-state index in [4.69, 9.17) is 20.0 Å². The number of halogens is 3. The largest absolute Gasteiger partial charge is 0.317 e. The van der Waals surface area contributed by atoms with Crippen molar-refractivity contribution >= 4 is 47.0 Å². The maximum atomic E-state index is 11.2. The van der Waals surface area contributed by atoms with Crippen molar-refractivity contribution in [1.82, 2.24) is 0 Å². The van der Waals surface area contributed by atoms with Crippen LogP contribution in [0, 0.1) is 0 Å². The number of rotatable bonds is 2. The molecule has 0 saturated heterocycles. The van der Waals surface area contributed by atoms with Gasteiger partial charge in [-0.25, -0.2) is 0 Å². The summed E-state index contributed by atoms with van der Waals surface area (Å²) in [7, 11) is 4.81. The Hall–Kier alpha value is -0.290. The molecule has 0 heterocycles. The van der Waals surface area contributed by atoms with Gasteiger partial charge in [-0.15, -0.1) is 11.6 Å². The van der Waals surface area contributed by atoms with Gasteiger partial charge in [-0.3, -0.25) is 4.79 Å². The zero-order valence-electron chi connectivity index (χ0n) is 8.23. The second-order valence-electron chi connectivity index (χ2n) is 2.72. The van der Waals surface area contributed by atoms with Crippen molar-refractivity contribution in [2.45, 2.75) is 12.3 Å². The monoisotopic (exact) mass is 302 g/mol. The van der Waals surface area contributed by atoms with Crippen LogP contribution in [0.4, 0.5) is 0 Å². The second-order valence-corrected chi connectivity index (χ2v) is 7.05. The molecule has 90 valence electrons. The van der Waals surface area contributed by atoms with Gasteiger partial charge in [0.25, 0.3) is 0 Å². The first-order chi connectivity index (χ1) is 7.22. The van der Waals surface area contributed by atoms with Crippen LogP contribution in [0.2, 0.25) is 0 Å². The number of alkyl halides is 1. The van der Waals surface area contributed by atoms with Crippen molar-refractivity contribution in [1.29, 1.82) is 0 Å². The van der Waals surface area contributed by atoms with Gasteiger partial charge in [0.2, 0.25) is 0 Å². The van der Waals surface area contributed by atoms with Crippen molar-refractivity contribution in [3.05, 3.63) is 35.9 Å². The molecule has 1 aromatic rings. The molecule has 1 rings (SSSR count). The zero-order valence-corrected chi connectivity index (χ0v) is 11.3. The quantitative estimate of drug-likeness (QED) is 0.479. The Bertz CT molecular complexity index is 421. The minimum Gasteiger partial charge on any atom is -0.293 e. The summed E-state index contributed by atoms with van der Waals surface area (Å²) in [4.78, 5) is 11.2. The molecule has 0 amide bonds. The van der Waals surface area contributed by atoms with Crippen molar-refractivity contribution < 1.29 is 13.2 Å². The van der Waals surface area contributed by atoms with Crippen LogP contribution in [0.5, 0.6) is 0 Å². The molecule has 16 heavy (non-hydrogen) atoms. The third-order valence-corrected chi connectivity index (χ3v) is 1.62. The van der Waals surface area contributed by atoms with E-state index in [-0.39, 0.29) is 5.78 Å². The Morgan fingerprint density at radius 1 is 1.19 bits per heavy atom. The first-order valence-corrected chi connectivity index (χ1v) is 7.66. The van der Waals surface area contributed by atoms with Gasteiger partial charge in [0, 0.05) is 26.9 Å². The Morgan fingerprint density at radius 3 is 1.88 bits per heavy atom. The molecule has 0 spiro atoms. The Kier molecular flexibility index (Phi) is 6.99. The van der Waals surface area contributed by atoms with E-state index < -0.39 is 13.6 Å². The summed E-state index contributed by atoms with van der Waals surface area (Å²) in [5.41, 5.74) is 0.676. The summed E-state index contributed by atoms with van der Waals surface area (Å²) in [5.74, 6) is -0.0210. The van der Waals surface area contributed by atoms with Gasteiger partial charge >= 0.3 is 8.26 Å². The average molecular weight is 304 g/mol. The lowest BCUT2D eigenvalue weighted by molar-refractivity contribution is 0.0991. The normalized spacial score (nSPS) is 12.2. The predicted octanol–water partition coefficient (Wildman–Crippen LogP) is 3.21. The van der Waals surface area contributed by atoms with E-state index in [1.165, 1.54) is 0 Å². The molecule has 0 radical (unpaired) electrons. The average Bonchev–Trinajstić information content (AvgIpc) is 2.15. The topological polar surface area (TPSA) is 51.2 Å². The Labute approximate surface area is 108 Å². The molecule has 0 aliphatic rings. The smallest absolute Gasteiger partial charge is 0.293 e. The number of Topliss-reactive ketones (excluding diaryl/α,β-unsaturated/α-hetero) is 1. The van der Waals surface area contributed by atoms with E-state index in [1.807, 2.05) is 18.2 Å². The number of benzene rings is 1. The lowest BCUT2D eigenvalue weighted by Crippen LogP contribution is -2.09. The maximum absolute atomic E-state index is 11.2. The van der Waals surface area contributed by atoms with E-state index in [0.717, 1.165) is 0 Å². The third kappa shape index (κ3) is 8.97. The molecule has 0 fully saturated rings. The molecule has 0 N–H and O–H groups in total. The third-order valence-electron chi connectivity index (χ3n) is 1.42. The summed E-state index contributed by atoms with van der Waals surface area (Å²) >= 11 is 5.61. The van der Waals surface area contributed by atoms with Crippen LogP contribution >= 0.6 is 33.0 Å². The van der Waals surface area contributed by atoms with Gasteiger partial charge in [0.1, 0.15) is 0 Å². The van der Waals surface area contributed by atoms with Crippen molar-refractivity contribution in [2.75, 3.05) is 0 Å². The fourth-order valence-corrected chi connectivity index (χ4v) is 0.958. The van der Waals surface area contributed by atoms with Crippen molar-refractivity contribution in [3.8, 4) is 0 Å². The molecular formula is C9H9Cl3O3S. The molecule has 1 aromatic carbocycles. The van der Waals surface area contributed by atoms with Crippen molar-refractivity contribution in [2.24, 2.45) is 0 Å². The summed E-state index contributed by atoms with van der Waals surface area (Å²) in [6.45, 7) is 1.68. The highest BCUT2D eigenvalue weighted by atomic mass is 36.0. The molecule has 1 unspecified atom stereocenters. The Balaban J connectivity index is 0.000000385. The number of hydrogen-bond acceptors (Lipinski definition) is 3. The number of ketones is 1. The van der Waals surface area contributed by atoms with E-state index >= 15 is 0 Å². The van der Waals surface area contributed by atoms with Crippen LogP contribution in [0.1, 0.15) is 17.3 Å². The summed E-state index contributed by atoms with van der Waals surface area (Å²) in [5, 5.41) is -0.433. The highest BCUT2D eigenvalue weighted by Gasteiger charge is 2.10. The molecule has 3 nitrogen and oxygen atoms in total. The molecule has 0 aliphatic heterocycles. The zero-order chi connectivity index (χ0) is 12.8. The van der Waals surface area contributed by atoms with Gasteiger partial charge in [-0.05, 0) is 6.92 Å². The Morgan fingerprint density at radius 2 is 1.56 bits per heavy atom. The highest BCUT2D eigenvalue weighted by molar-refractivity contribution is 8.31. The van der Waals surface area contributed by atoms with Gasteiger partial charge in [-0.1, -0.05) is 30.3 Å². The molecule has 0 aliphatic carbocycles. The minimum atomic E-state index is -3.72. The van der Waals surface area contributed by atoms with E-state index in [1.54, 1.807) is 19.1 Å². The van der Waals surface area contributed by atoms with Crippen LogP contribution in [-0.4, -0.2) is 19.6 Å². The van der Waals surface area contributed by atoms with Crippen LogP contribution in [0.15, 0.2) is 30.3 Å². The van der Waals surface area contributed by atoms with Crippen LogP contribution in [0.3, 0.4) is 0 Å². The van der Waals surface area contributed by atoms with Crippen LogP contribution in [-0.2, 0) is 8.26 Å². The molecule has 0 aromatic heterocycles. The summed E-state index contributed by atoms with van der Waals surface area (Å²) in [6, 6.07) is 9.05. The fraction of sp³-hybridized carbons (Fsp3) is 0.222. The number of hydrogen-bond donors (Lipinski definition) is 0. The molecular weight excluding hydrogens is 295 g/mol. The van der Waals surface area contributed by atoms with Gasteiger partial charge < -0.3 is 0 Å². The maximum Gasteiger partial charge on any atom is 0.317 e. The first-order valence-electron chi connectivity index (χ1n) is 4.09. The molecule has 1 atom stereocenters. The van der Waals surface area contributed by atoms with Crippen LogP contribution in [0.25, 0.3) is 0 Å². The van der Waals surface area contributed by atoms with E-state index in [2.05, 4.69) is 21.4 Å². The van der Waals surface area contributed by atoms with Gasteiger partial charge in [0.05, 0.1) is 5.38 Å². The van der Waals surface area contributed by atoms with Gasteiger partial charge in [-0.2, -0.15) is 8.42 Å². The highest BCUT2D eigenvalue weighted by Crippen LogP contribution is 2.06. The lowest BCUT2D eigenvalue weighted by atomic mass is 10.1. The van der Waals surface area contributed by atoms with E-state index in [0.29, 0.717) is 5.56 Å². The second kappa shape index (κ2) is 7.12. The SMILES string of the molecule is CC(Cl)C(=O)c1ccccc1.O=S(=O)(Cl)Cl. The summed E-state index contributed by atoms with van der Waals surface area (Å²) in [6.07, 6.45) is 0. The molecule has 0 bridgehead atoms. The lowest BCUT2D eigenvalue weighted by Gasteiger charge is -2.00. The van der Waals surface area contributed by atoms with E-state index in [9.17, 15) is 4.79 Å². The van der Waals surface area contributed by atoms with Crippen LogP contribution < -0.4 is 0 Å². The minimum absolute atomic E-state index is 0.0210. The number of carbonyl (C=O) groups excluding carboxylic acids is 1. The number of carbonyl (C=O) groups is 1. The standard InChI is InChI=1S/C9H9ClO.Cl2O2S/c1-7(10)9(11)8-5-3-2-4-6-8;1-5(2,3)4/h2-7H,1H3;. The van der Waals surface area contributed by atoms with Gasteiger partial charge in [0.15, 0.2) is 5.78 Å². The van der Waals surface area contributed by atoms with Crippen molar-refractivity contribution in [3.63, 3.8) is 0 Å². The molecule has 0 saturated carbocycles. The first kappa shape index (κ1) is 15.7. The molecule has 7 heteroatoms. The summed E-state index contributed by atoms with van der Waals surface area (Å²) < 4.78 is 18.3. The predicted molar refractivity (Wildman–Crippen MR) is 66.7 cm³/mol. The fourth-order valence-electron chi connectivity index (χ4n) is 0.832.